The fraction of sp³-hybridized carbons (Fsp3) is 0.350. The molecule has 31 heavy (non-hydrogen) atoms. The van der Waals surface area contributed by atoms with E-state index in [9.17, 15) is 27.2 Å². The minimum absolute atomic E-state index is 0.00801. The number of ether oxygens (including phenoxy) is 1. The number of rotatable bonds is 5. The molecular weight excluding hydrogens is 442 g/mol. The number of anilines is 2. The van der Waals surface area contributed by atoms with Crippen molar-refractivity contribution >= 4 is 34.9 Å². The maximum absolute atomic E-state index is 13.5. The quantitative estimate of drug-likeness (QED) is 0.679. The number of carbonyl (C=O) groups is 2. The molecule has 164 valence electrons. The van der Waals surface area contributed by atoms with Gasteiger partial charge in [-0.3, -0.25) is 9.59 Å². The first-order valence-electron chi connectivity index (χ1n) is 9.36. The first kappa shape index (κ1) is 21.4. The number of nitrogens with zero attached hydrogens (tertiary/aromatic N) is 2. The lowest BCUT2D eigenvalue weighted by Gasteiger charge is -2.34. The molecule has 1 fully saturated rings. The summed E-state index contributed by atoms with van der Waals surface area (Å²) in [6.07, 6.45) is -0.777. The molecule has 0 atom stereocenters. The van der Waals surface area contributed by atoms with Crippen LogP contribution < -0.4 is 15.0 Å². The highest BCUT2D eigenvalue weighted by Crippen LogP contribution is 2.44. The number of fused-ring (bicyclic) bond motifs is 1. The number of hydrogen-bond acceptors (Lipinski definition) is 4. The molecule has 11 heteroatoms. The molecular formula is C20H16ClF4N3O3. The number of alkyl halides is 2. The summed E-state index contributed by atoms with van der Waals surface area (Å²) in [6, 6.07) is 4.25. The molecule has 6 nitrogen and oxygen atoms in total. The summed E-state index contributed by atoms with van der Waals surface area (Å²) < 4.78 is 58.2. The smallest absolute Gasteiger partial charge is 0.265 e. The van der Waals surface area contributed by atoms with E-state index in [2.05, 4.69) is 10.3 Å². The standard InChI is InChI=1S/C20H16ClF4N3O3/c21-14-5-15-19(27-18(14)26-16(29)3-11-6-20(24,25)7-11)31-9-17(30)28(15)8-10-1-12(22)4-13(23)2-10/h1-2,4-5,11H,3,6-9H2,(H,26,27,29). The SMILES string of the molecule is O=C(CC1CC(F)(F)C1)Nc1nc2c(cc1Cl)N(Cc1cc(F)cc(F)c1)C(=O)CO2. The van der Waals surface area contributed by atoms with Crippen molar-refractivity contribution in [3.63, 3.8) is 0 Å². The summed E-state index contributed by atoms with van der Waals surface area (Å²) >= 11 is 6.19. The van der Waals surface area contributed by atoms with Crippen LogP contribution >= 0.6 is 11.6 Å². The molecule has 2 aliphatic rings. The summed E-state index contributed by atoms with van der Waals surface area (Å²) in [7, 11) is 0. The third-order valence-corrected chi connectivity index (χ3v) is 5.30. The largest absolute Gasteiger partial charge is 0.466 e. The van der Waals surface area contributed by atoms with Crippen molar-refractivity contribution in [1.82, 2.24) is 4.98 Å². The van der Waals surface area contributed by atoms with E-state index in [-0.39, 0.29) is 60.4 Å². The molecule has 2 aromatic rings. The van der Waals surface area contributed by atoms with E-state index < -0.39 is 35.3 Å². The van der Waals surface area contributed by atoms with Gasteiger partial charge >= 0.3 is 0 Å². The number of hydrogen-bond donors (Lipinski definition) is 1. The predicted octanol–water partition coefficient (Wildman–Crippen LogP) is 4.31. The molecule has 0 unspecified atom stereocenters. The Hall–Kier alpha value is -2.88. The molecule has 2 amide bonds. The highest BCUT2D eigenvalue weighted by Gasteiger charge is 2.45. The Morgan fingerprint density at radius 1 is 1.23 bits per heavy atom. The lowest BCUT2D eigenvalue weighted by molar-refractivity contribution is -0.130. The molecule has 1 aliphatic carbocycles. The van der Waals surface area contributed by atoms with E-state index >= 15 is 0 Å². The van der Waals surface area contributed by atoms with Crippen LogP contribution in [0, 0.1) is 17.6 Å². The normalized spacial score (nSPS) is 17.6. The summed E-state index contributed by atoms with van der Waals surface area (Å²) in [4.78, 5) is 29.8. The first-order chi connectivity index (χ1) is 14.6. The second-order valence-corrected chi connectivity index (χ2v) is 7.98. The van der Waals surface area contributed by atoms with Crippen molar-refractivity contribution in [3.05, 3.63) is 46.5 Å². The van der Waals surface area contributed by atoms with Crippen LogP contribution in [0.3, 0.4) is 0 Å². The average Bonchev–Trinajstić information content (AvgIpc) is 2.63. The van der Waals surface area contributed by atoms with E-state index in [4.69, 9.17) is 16.3 Å². The number of aromatic nitrogens is 1. The molecule has 4 rings (SSSR count). The first-order valence-corrected chi connectivity index (χ1v) is 9.74. The van der Waals surface area contributed by atoms with Crippen LogP contribution in [-0.4, -0.2) is 29.3 Å². The summed E-state index contributed by atoms with van der Waals surface area (Å²) in [6.45, 7) is -0.520. The van der Waals surface area contributed by atoms with Crippen LogP contribution in [0.1, 0.15) is 24.8 Å². The second-order valence-electron chi connectivity index (χ2n) is 7.57. The van der Waals surface area contributed by atoms with Gasteiger partial charge in [-0.1, -0.05) is 11.6 Å². The van der Waals surface area contributed by atoms with Gasteiger partial charge in [-0.2, -0.15) is 4.98 Å². The number of amides is 2. The minimum Gasteiger partial charge on any atom is -0.466 e. The third-order valence-electron chi connectivity index (χ3n) is 5.02. The molecule has 2 heterocycles. The highest BCUT2D eigenvalue weighted by molar-refractivity contribution is 6.33. The number of halogens is 5. The van der Waals surface area contributed by atoms with Crippen molar-refractivity contribution in [2.24, 2.45) is 5.92 Å². The maximum atomic E-state index is 13.5. The van der Waals surface area contributed by atoms with Crippen LogP contribution in [0.4, 0.5) is 29.1 Å². The lowest BCUT2D eigenvalue weighted by Crippen LogP contribution is -2.39. The van der Waals surface area contributed by atoms with Crippen LogP contribution in [0.15, 0.2) is 24.3 Å². The van der Waals surface area contributed by atoms with Gasteiger partial charge in [0.2, 0.25) is 17.7 Å². The van der Waals surface area contributed by atoms with E-state index in [0.29, 0.717) is 0 Å². The fourth-order valence-corrected chi connectivity index (χ4v) is 3.82. The maximum Gasteiger partial charge on any atom is 0.265 e. The monoisotopic (exact) mass is 457 g/mol. The summed E-state index contributed by atoms with van der Waals surface area (Å²) in [5.41, 5.74) is 0.382. The Balaban J connectivity index is 1.52. The van der Waals surface area contributed by atoms with Gasteiger partial charge in [0.05, 0.1) is 11.6 Å². The summed E-state index contributed by atoms with van der Waals surface area (Å²) in [5, 5.41) is 2.45. The third kappa shape index (κ3) is 4.73. The number of carbonyl (C=O) groups excluding carboxylic acids is 2. The van der Waals surface area contributed by atoms with Gasteiger partial charge in [-0.25, -0.2) is 17.6 Å². The molecule has 0 bridgehead atoms. The van der Waals surface area contributed by atoms with Gasteiger partial charge in [0.25, 0.3) is 5.91 Å². The van der Waals surface area contributed by atoms with Crippen molar-refractivity contribution in [2.45, 2.75) is 31.7 Å². The molecule has 1 aromatic heterocycles. The Kier molecular flexibility index (Phi) is 5.50. The molecule has 1 aliphatic heterocycles. The second kappa shape index (κ2) is 7.99. The van der Waals surface area contributed by atoms with E-state index in [1.54, 1.807) is 0 Å². The van der Waals surface area contributed by atoms with Gasteiger partial charge < -0.3 is 15.0 Å². The molecule has 1 N–H and O–H groups in total. The van der Waals surface area contributed by atoms with E-state index in [1.807, 2.05) is 0 Å². The topological polar surface area (TPSA) is 71.5 Å². The zero-order valence-electron chi connectivity index (χ0n) is 15.9. The van der Waals surface area contributed by atoms with Crippen LogP contribution in [0.25, 0.3) is 0 Å². The molecule has 0 spiro atoms. The van der Waals surface area contributed by atoms with Crippen molar-refractivity contribution < 1.29 is 31.9 Å². The Morgan fingerprint density at radius 2 is 1.90 bits per heavy atom. The Morgan fingerprint density at radius 3 is 2.55 bits per heavy atom. The van der Waals surface area contributed by atoms with Crippen LogP contribution in [0.2, 0.25) is 5.02 Å². The fourth-order valence-electron chi connectivity index (χ4n) is 3.62. The molecule has 0 radical (unpaired) electrons. The highest BCUT2D eigenvalue weighted by atomic mass is 35.5. The minimum atomic E-state index is -2.72. The van der Waals surface area contributed by atoms with E-state index in [1.165, 1.54) is 11.0 Å². The molecule has 1 aromatic carbocycles. The predicted molar refractivity (Wildman–Crippen MR) is 103 cm³/mol. The van der Waals surface area contributed by atoms with Crippen molar-refractivity contribution in [3.8, 4) is 5.88 Å². The zero-order valence-corrected chi connectivity index (χ0v) is 16.7. The van der Waals surface area contributed by atoms with Crippen molar-refractivity contribution in [1.29, 1.82) is 0 Å². The van der Waals surface area contributed by atoms with Gasteiger partial charge in [0, 0.05) is 25.3 Å². The molecule has 0 saturated heterocycles. The number of nitrogens with one attached hydrogen (secondary N) is 1. The Bertz CT molecular complexity index is 1040. The number of pyridine rings is 1. The summed E-state index contributed by atoms with van der Waals surface area (Å²) in [5.74, 6) is -5.74. The van der Waals surface area contributed by atoms with Crippen LogP contribution in [-0.2, 0) is 16.1 Å². The molecule has 1 saturated carbocycles. The lowest BCUT2D eigenvalue weighted by atomic mass is 9.79. The van der Waals surface area contributed by atoms with Crippen LogP contribution in [0.5, 0.6) is 5.88 Å². The van der Waals surface area contributed by atoms with E-state index in [0.717, 1.165) is 18.2 Å². The van der Waals surface area contributed by atoms with Gasteiger partial charge in [-0.05, 0) is 29.7 Å². The van der Waals surface area contributed by atoms with Gasteiger partial charge in [0.15, 0.2) is 12.4 Å². The van der Waals surface area contributed by atoms with Crippen molar-refractivity contribution in [2.75, 3.05) is 16.8 Å². The average molecular weight is 458 g/mol. The number of benzene rings is 1. The zero-order chi connectivity index (χ0) is 22.3. The Labute approximate surface area is 179 Å². The van der Waals surface area contributed by atoms with Gasteiger partial charge in [0.1, 0.15) is 17.3 Å². The van der Waals surface area contributed by atoms with Gasteiger partial charge in [-0.15, -0.1) is 0 Å².